The molecule has 0 aliphatic heterocycles. The summed E-state index contributed by atoms with van der Waals surface area (Å²) < 4.78 is 5.37. The molecule has 2 aromatic rings. The monoisotopic (exact) mass is 346 g/mol. The number of benzene rings is 1. The SMILES string of the molecule is CCc1nc(CCNC(=NC)NCc2ccccc2OC)sc1C. The van der Waals surface area contributed by atoms with Gasteiger partial charge in [-0.05, 0) is 19.4 Å². The molecule has 5 nitrogen and oxygen atoms in total. The Bertz CT molecular complexity index is 681. The molecule has 130 valence electrons. The van der Waals surface area contributed by atoms with Crippen LogP contribution in [0.1, 0.15) is 28.1 Å². The second-order valence-corrected chi connectivity index (χ2v) is 6.67. The van der Waals surface area contributed by atoms with E-state index in [1.807, 2.05) is 24.3 Å². The number of hydrogen-bond acceptors (Lipinski definition) is 4. The van der Waals surface area contributed by atoms with Crippen molar-refractivity contribution in [2.24, 2.45) is 4.99 Å². The predicted octanol–water partition coefficient (Wildman–Crippen LogP) is 2.93. The zero-order valence-electron chi connectivity index (χ0n) is 14.8. The zero-order valence-corrected chi connectivity index (χ0v) is 15.7. The number of nitrogens with zero attached hydrogens (tertiary/aromatic N) is 2. The van der Waals surface area contributed by atoms with Crippen LogP contribution in [-0.4, -0.2) is 31.6 Å². The average molecular weight is 347 g/mol. The molecule has 0 fully saturated rings. The van der Waals surface area contributed by atoms with E-state index in [4.69, 9.17) is 4.74 Å². The highest BCUT2D eigenvalue weighted by Crippen LogP contribution is 2.18. The van der Waals surface area contributed by atoms with Crippen molar-refractivity contribution in [3.8, 4) is 5.75 Å². The van der Waals surface area contributed by atoms with Crippen molar-refractivity contribution < 1.29 is 4.74 Å². The van der Waals surface area contributed by atoms with Gasteiger partial charge in [0.1, 0.15) is 5.75 Å². The van der Waals surface area contributed by atoms with Crippen LogP contribution in [0.15, 0.2) is 29.3 Å². The van der Waals surface area contributed by atoms with Crippen LogP contribution in [0.5, 0.6) is 5.75 Å². The van der Waals surface area contributed by atoms with Crippen molar-refractivity contribution in [1.82, 2.24) is 15.6 Å². The van der Waals surface area contributed by atoms with Crippen molar-refractivity contribution in [2.45, 2.75) is 33.2 Å². The van der Waals surface area contributed by atoms with Crippen LogP contribution in [0.4, 0.5) is 0 Å². The third-order valence-electron chi connectivity index (χ3n) is 3.77. The second kappa shape index (κ2) is 9.27. The Morgan fingerprint density at radius 2 is 2.08 bits per heavy atom. The van der Waals surface area contributed by atoms with Crippen molar-refractivity contribution >= 4 is 17.3 Å². The van der Waals surface area contributed by atoms with Gasteiger partial charge in [0.05, 0.1) is 17.8 Å². The fraction of sp³-hybridized carbons (Fsp3) is 0.444. The van der Waals surface area contributed by atoms with Crippen LogP contribution in [0.3, 0.4) is 0 Å². The summed E-state index contributed by atoms with van der Waals surface area (Å²) in [4.78, 5) is 10.3. The second-order valence-electron chi connectivity index (χ2n) is 5.38. The number of aromatic nitrogens is 1. The first-order valence-corrected chi connectivity index (χ1v) is 9.01. The number of thiazole rings is 1. The molecule has 0 saturated carbocycles. The molecule has 0 spiro atoms. The fourth-order valence-electron chi connectivity index (χ4n) is 2.46. The molecular formula is C18H26N4OS. The molecule has 6 heteroatoms. The van der Waals surface area contributed by atoms with E-state index in [1.54, 1.807) is 25.5 Å². The number of aliphatic imine (C=N–C) groups is 1. The van der Waals surface area contributed by atoms with Gasteiger partial charge in [-0.3, -0.25) is 4.99 Å². The lowest BCUT2D eigenvalue weighted by molar-refractivity contribution is 0.409. The summed E-state index contributed by atoms with van der Waals surface area (Å²) in [5.41, 5.74) is 2.32. The van der Waals surface area contributed by atoms with Gasteiger partial charge in [0.25, 0.3) is 0 Å². The smallest absolute Gasteiger partial charge is 0.191 e. The third kappa shape index (κ3) is 4.96. The molecule has 2 N–H and O–H groups in total. The van der Waals surface area contributed by atoms with Crippen LogP contribution in [0.25, 0.3) is 0 Å². The molecule has 0 aliphatic rings. The zero-order chi connectivity index (χ0) is 17.4. The largest absolute Gasteiger partial charge is 0.496 e. The normalized spacial score (nSPS) is 11.4. The first-order chi connectivity index (χ1) is 11.7. The van der Waals surface area contributed by atoms with Crippen LogP contribution < -0.4 is 15.4 Å². The van der Waals surface area contributed by atoms with Gasteiger partial charge < -0.3 is 15.4 Å². The van der Waals surface area contributed by atoms with E-state index in [1.165, 1.54) is 15.6 Å². The number of methoxy groups -OCH3 is 1. The van der Waals surface area contributed by atoms with Crippen molar-refractivity contribution in [1.29, 1.82) is 0 Å². The highest BCUT2D eigenvalue weighted by molar-refractivity contribution is 7.11. The number of guanidine groups is 1. The van der Waals surface area contributed by atoms with Crippen LogP contribution in [0.2, 0.25) is 0 Å². The van der Waals surface area contributed by atoms with Gasteiger partial charge >= 0.3 is 0 Å². The Hall–Kier alpha value is -2.08. The Morgan fingerprint density at radius 3 is 2.75 bits per heavy atom. The maximum atomic E-state index is 5.37. The third-order valence-corrected chi connectivity index (χ3v) is 4.84. The summed E-state index contributed by atoms with van der Waals surface area (Å²) in [5, 5.41) is 7.83. The molecule has 0 saturated heterocycles. The molecular weight excluding hydrogens is 320 g/mol. The van der Waals surface area contributed by atoms with Crippen molar-refractivity contribution in [2.75, 3.05) is 20.7 Å². The van der Waals surface area contributed by atoms with Gasteiger partial charge in [0, 0.05) is 37.0 Å². The van der Waals surface area contributed by atoms with Gasteiger partial charge in [-0.2, -0.15) is 0 Å². The van der Waals surface area contributed by atoms with E-state index >= 15 is 0 Å². The first-order valence-electron chi connectivity index (χ1n) is 8.19. The summed E-state index contributed by atoms with van der Waals surface area (Å²) in [6.45, 7) is 5.76. The lowest BCUT2D eigenvalue weighted by Gasteiger charge is -2.13. The predicted molar refractivity (Wildman–Crippen MR) is 101 cm³/mol. The number of aryl methyl sites for hydroxylation is 2. The minimum atomic E-state index is 0.667. The Morgan fingerprint density at radius 1 is 1.29 bits per heavy atom. The highest BCUT2D eigenvalue weighted by atomic mass is 32.1. The van der Waals surface area contributed by atoms with E-state index in [9.17, 15) is 0 Å². The summed E-state index contributed by atoms with van der Waals surface area (Å²) in [5.74, 6) is 1.66. The molecule has 0 unspecified atom stereocenters. The van der Waals surface area contributed by atoms with E-state index < -0.39 is 0 Å². The van der Waals surface area contributed by atoms with Crippen LogP contribution in [0, 0.1) is 6.92 Å². The van der Waals surface area contributed by atoms with Crippen LogP contribution >= 0.6 is 11.3 Å². The molecule has 24 heavy (non-hydrogen) atoms. The lowest BCUT2D eigenvalue weighted by atomic mass is 10.2. The van der Waals surface area contributed by atoms with E-state index in [0.717, 1.165) is 36.7 Å². The average Bonchev–Trinajstić information content (AvgIpc) is 2.97. The lowest BCUT2D eigenvalue weighted by Crippen LogP contribution is -2.37. The topological polar surface area (TPSA) is 58.5 Å². The Labute approximate surface area is 148 Å². The summed E-state index contributed by atoms with van der Waals surface area (Å²) in [6, 6.07) is 7.98. The van der Waals surface area contributed by atoms with Crippen LogP contribution in [-0.2, 0) is 19.4 Å². The molecule has 1 heterocycles. The number of hydrogen-bond donors (Lipinski definition) is 2. The molecule has 2 rings (SSSR count). The quantitative estimate of drug-likeness (QED) is 0.598. The van der Waals surface area contributed by atoms with Gasteiger partial charge in [-0.25, -0.2) is 4.98 Å². The number of rotatable bonds is 7. The van der Waals surface area contributed by atoms with Gasteiger partial charge in [0.15, 0.2) is 5.96 Å². The maximum Gasteiger partial charge on any atom is 0.191 e. The highest BCUT2D eigenvalue weighted by Gasteiger charge is 2.07. The van der Waals surface area contributed by atoms with Crippen molar-refractivity contribution in [3.05, 3.63) is 45.4 Å². The number of para-hydroxylation sites is 1. The molecule has 1 aromatic heterocycles. The van der Waals surface area contributed by atoms with Gasteiger partial charge in [-0.1, -0.05) is 25.1 Å². The number of ether oxygens (including phenoxy) is 1. The summed E-state index contributed by atoms with van der Waals surface area (Å²) in [6.07, 6.45) is 1.90. The fourth-order valence-corrected chi connectivity index (χ4v) is 3.48. The van der Waals surface area contributed by atoms with Crippen molar-refractivity contribution in [3.63, 3.8) is 0 Å². The van der Waals surface area contributed by atoms with E-state index in [0.29, 0.717) is 6.54 Å². The molecule has 1 aromatic carbocycles. The van der Waals surface area contributed by atoms with Gasteiger partial charge in [-0.15, -0.1) is 11.3 Å². The first kappa shape index (κ1) is 18.3. The molecule has 0 bridgehead atoms. The summed E-state index contributed by atoms with van der Waals surface area (Å²) in [7, 11) is 3.47. The molecule has 0 aliphatic carbocycles. The Balaban J connectivity index is 1.82. The standard InChI is InChI=1S/C18H26N4OS/c1-5-15-13(2)24-17(22-15)10-11-20-18(19-3)21-12-14-8-6-7-9-16(14)23-4/h6-9H,5,10-12H2,1-4H3,(H2,19,20,21). The number of nitrogens with one attached hydrogen (secondary N) is 2. The van der Waals surface area contributed by atoms with Gasteiger partial charge in [0.2, 0.25) is 0 Å². The minimum Gasteiger partial charge on any atom is -0.496 e. The van der Waals surface area contributed by atoms with E-state index in [2.05, 4.69) is 34.5 Å². The van der Waals surface area contributed by atoms with E-state index in [-0.39, 0.29) is 0 Å². The molecule has 0 atom stereocenters. The minimum absolute atomic E-state index is 0.667. The maximum absolute atomic E-state index is 5.37. The Kier molecular flexibility index (Phi) is 7.06. The molecule has 0 amide bonds. The summed E-state index contributed by atoms with van der Waals surface area (Å²) >= 11 is 1.79. The molecule has 0 radical (unpaired) electrons.